The third kappa shape index (κ3) is 4.17. The maximum Gasteiger partial charge on any atom is 0.337 e. The van der Waals surface area contributed by atoms with Gasteiger partial charge in [-0.05, 0) is 54.6 Å². The smallest absolute Gasteiger partial charge is 0.337 e. The fraction of sp³-hybridized carbons (Fsp3) is 0.0909. The third-order valence-corrected chi connectivity index (χ3v) is 5.69. The molecule has 0 unspecified atom stereocenters. The predicted molar refractivity (Wildman–Crippen MR) is 117 cm³/mol. The molecule has 4 rings (SSSR count). The molecule has 0 fully saturated rings. The zero-order valence-electron chi connectivity index (χ0n) is 15.9. The third-order valence-electron chi connectivity index (χ3n) is 4.41. The summed E-state index contributed by atoms with van der Waals surface area (Å²) < 4.78 is 5.60. The van der Waals surface area contributed by atoms with E-state index in [0.29, 0.717) is 21.3 Å². The molecule has 0 spiro atoms. The summed E-state index contributed by atoms with van der Waals surface area (Å²) in [5.41, 5.74) is 2.30. The number of rotatable bonds is 5. The highest BCUT2D eigenvalue weighted by atomic mass is 35.5. The lowest BCUT2D eigenvalue weighted by molar-refractivity contribution is 0.0600. The highest BCUT2D eigenvalue weighted by Gasteiger charge is 2.22. The van der Waals surface area contributed by atoms with Gasteiger partial charge in [-0.15, -0.1) is 0 Å². The van der Waals surface area contributed by atoms with Crippen LogP contribution >= 0.6 is 22.9 Å². The van der Waals surface area contributed by atoms with Crippen LogP contribution in [0.5, 0.6) is 0 Å². The van der Waals surface area contributed by atoms with E-state index in [1.807, 2.05) is 30.3 Å². The van der Waals surface area contributed by atoms with Gasteiger partial charge >= 0.3 is 5.97 Å². The van der Waals surface area contributed by atoms with Crippen LogP contribution in [0.4, 0.5) is 5.13 Å². The molecule has 1 amide bonds. The Morgan fingerprint density at radius 2 is 1.83 bits per heavy atom. The van der Waals surface area contributed by atoms with Gasteiger partial charge in [-0.25, -0.2) is 9.78 Å². The van der Waals surface area contributed by atoms with E-state index in [9.17, 15) is 9.59 Å². The van der Waals surface area contributed by atoms with Crippen molar-refractivity contribution in [1.29, 1.82) is 0 Å². The molecule has 0 atom stereocenters. The van der Waals surface area contributed by atoms with Crippen molar-refractivity contribution in [3.05, 3.63) is 88.7 Å². The highest BCUT2D eigenvalue weighted by molar-refractivity contribution is 7.22. The van der Waals surface area contributed by atoms with Crippen LogP contribution in [0.15, 0.2) is 66.9 Å². The van der Waals surface area contributed by atoms with Crippen LogP contribution < -0.4 is 4.90 Å². The summed E-state index contributed by atoms with van der Waals surface area (Å²) in [6.45, 7) is 0.256. The second-order valence-corrected chi connectivity index (χ2v) is 7.84. The Labute approximate surface area is 181 Å². The Bertz CT molecular complexity index is 1210. The predicted octanol–water partition coefficient (Wildman–Crippen LogP) is 4.98. The molecule has 2 aromatic heterocycles. The van der Waals surface area contributed by atoms with E-state index < -0.39 is 5.97 Å². The van der Waals surface area contributed by atoms with E-state index in [-0.39, 0.29) is 12.5 Å². The van der Waals surface area contributed by atoms with E-state index in [2.05, 4.69) is 9.97 Å². The van der Waals surface area contributed by atoms with Crippen molar-refractivity contribution >= 4 is 50.2 Å². The number of fused-ring (bicyclic) bond motifs is 1. The van der Waals surface area contributed by atoms with Gasteiger partial charge in [-0.2, -0.15) is 0 Å². The molecule has 0 saturated carbocycles. The van der Waals surface area contributed by atoms with E-state index in [1.54, 1.807) is 41.4 Å². The molecule has 0 radical (unpaired) electrons. The fourth-order valence-corrected chi connectivity index (χ4v) is 4.14. The molecule has 30 heavy (non-hydrogen) atoms. The number of amides is 1. The maximum absolute atomic E-state index is 13.4. The summed E-state index contributed by atoms with van der Waals surface area (Å²) >= 11 is 7.48. The monoisotopic (exact) mass is 437 g/mol. The first kappa shape index (κ1) is 20.0. The number of hydrogen-bond acceptors (Lipinski definition) is 6. The van der Waals surface area contributed by atoms with Gasteiger partial charge in [-0.3, -0.25) is 14.7 Å². The number of benzene rings is 2. The Morgan fingerprint density at radius 3 is 2.53 bits per heavy atom. The van der Waals surface area contributed by atoms with Gasteiger partial charge in [0.25, 0.3) is 5.91 Å². The van der Waals surface area contributed by atoms with Crippen LogP contribution in [-0.4, -0.2) is 29.0 Å². The van der Waals surface area contributed by atoms with Crippen LogP contribution in [0.3, 0.4) is 0 Å². The number of halogens is 1. The number of hydrogen-bond donors (Lipinski definition) is 0. The number of methoxy groups -OCH3 is 1. The minimum Gasteiger partial charge on any atom is -0.465 e. The topological polar surface area (TPSA) is 72.4 Å². The first-order valence-electron chi connectivity index (χ1n) is 9.01. The first-order valence-corrected chi connectivity index (χ1v) is 10.2. The summed E-state index contributed by atoms with van der Waals surface area (Å²) in [6, 6.07) is 17.3. The van der Waals surface area contributed by atoms with E-state index in [4.69, 9.17) is 16.3 Å². The van der Waals surface area contributed by atoms with E-state index >= 15 is 0 Å². The SMILES string of the molecule is COC(=O)c1ccc(C(=O)N(Cc2ccccn2)c2nc3ccc(Cl)cc3s2)cc1. The van der Waals surface area contributed by atoms with Crippen LogP contribution in [0.25, 0.3) is 10.2 Å². The number of thiazole rings is 1. The van der Waals surface area contributed by atoms with Gasteiger partial charge in [0.05, 0.1) is 35.1 Å². The van der Waals surface area contributed by atoms with E-state index in [1.165, 1.54) is 18.4 Å². The number of pyridine rings is 1. The molecule has 0 saturated heterocycles. The molecule has 0 bridgehead atoms. The Balaban J connectivity index is 1.72. The quantitative estimate of drug-likeness (QED) is 0.412. The summed E-state index contributed by atoms with van der Waals surface area (Å²) in [6.07, 6.45) is 1.68. The summed E-state index contributed by atoms with van der Waals surface area (Å²) in [4.78, 5) is 35.6. The molecule has 6 nitrogen and oxygen atoms in total. The van der Waals surface area contributed by atoms with Crippen molar-refractivity contribution in [3.63, 3.8) is 0 Å². The normalized spacial score (nSPS) is 10.7. The number of nitrogens with zero attached hydrogens (tertiary/aromatic N) is 3. The lowest BCUT2D eigenvalue weighted by Gasteiger charge is -2.19. The second-order valence-electron chi connectivity index (χ2n) is 6.39. The van der Waals surface area contributed by atoms with Gasteiger partial charge in [0, 0.05) is 16.8 Å². The minimum absolute atomic E-state index is 0.248. The summed E-state index contributed by atoms with van der Waals surface area (Å²) in [5, 5.41) is 1.15. The lowest BCUT2D eigenvalue weighted by atomic mass is 10.1. The molecule has 0 aliphatic rings. The first-order chi connectivity index (χ1) is 14.5. The van der Waals surface area contributed by atoms with Gasteiger partial charge in [0.15, 0.2) is 5.13 Å². The van der Waals surface area contributed by atoms with Crippen LogP contribution in [0.2, 0.25) is 5.02 Å². The zero-order valence-corrected chi connectivity index (χ0v) is 17.5. The molecule has 0 aliphatic heterocycles. The molecular weight excluding hydrogens is 422 g/mol. The second kappa shape index (κ2) is 8.61. The average molecular weight is 438 g/mol. The Hall–Kier alpha value is -3.29. The van der Waals surface area contributed by atoms with Crippen LogP contribution in [0, 0.1) is 0 Å². The van der Waals surface area contributed by atoms with Crippen molar-refractivity contribution in [2.75, 3.05) is 12.0 Å². The maximum atomic E-state index is 13.4. The number of ether oxygens (including phenoxy) is 1. The van der Waals surface area contributed by atoms with Crippen molar-refractivity contribution < 1.29 is 14.3 Å². The molecule has 8 heteroatoms. The number of anilines is 1. The van der Waals surface area contributed by atoms with Crippen molar-refractivity contribution in [2.24, 2.45) is 0 Å². The highest BCUT2D eigenvalue weighted by Crippen LogP contribution is 2.32. The fourth-order valence-electron chi connectivity index (χ4n) is 2.90. The molecule has 150 valence electrons. The number of aromatic nitrogens is 2. The van der Waals surface area contributed by atoms with Gasteiger partial charge in [0.2, 0.25) is 0 Å². The van der Waals surface area contributed by atoms with Gasteiger partial charge < -0.3 is 4.74 Å². The molecule has 4 aromatic rings. The lowest BCUT2D eigenvalue weighted by Crippen LogP contribution is -2.30. The Kier molecular flexibility index (Phi) is 5.74. The van der Waals surface area contributed by atoms with Crippen LogP contribution in [-0.2, 0) is 11.3 Å². The molecular formula is C22H16ClN3O3S. The standard InChI is InChI=1S/C22H16ClN3O3S/c1-29-21(28)15-7-5-14(6-8-15)20(27)26(13-17-4-2-3-11-24-17)22-25-18-10-9-16(23)12-19(18)30-22/h2-12H,13H2,1H3. The molecule has 0 aliphatic carbocycles. The van der Waals surface area contributed by atoms with E-state index in [0.717, 1.165) is 15.9 Å². The van der Waals surface area contributed by atoms with Crippen LogP contribution in [0.1, 0.15) is 26.4 Å². The average Bonchev–Trinajstić information content (AvgIpc) is 3.20. The van der Waals surface area contributed by atoms with Crippen molar-refractivity contribution in [1.82, 2.24) is 9.97 Å². The minimum atomic E-state index is -0.456. The number of carbonyl (C=O) groups excluding carboxylic acids is 2. The summed E-state index contributed by atoms with van der Waals surface area (Å²) in [7, 11) is 1.31. The summed E-state index contributed by atoms with van der Waals surface area (Å²) in [5.74, 6) is -0.704. The Morgan fingerprint density at radius 1 is 1.07 bits per heavy atom. The van der Waals surface area contributed by atoms with Crippen molar-refractivity contribution in [3.8, 4) is 0 Å². The largest absolute Gasteiger partial charge is 0.465 e. The zero-order chi connectivity index (χ0) is 21.1. The van der Waals surface area contributed by atoms with Gasteiger partial charge in [-0.1, -0.05) is 29.0 Å². The molecule has 2 aromatic carbocycles. The molecule has 0 N–H and O–H groups in total. The van der Waals surface area contributed by atoms with Crippen molar-refractivity contribution in [2.45, 2.75) is 6.54 Å². The molecule has 2 heterocycles. The number of carbonyl (C=O) groups is 2. The van der Waals surface area contributed by atoms with Gasteiger partial charge in [0.1, 0.15) is 0 Å². The number of esters is 1.